The first-order valence-electron chi connectivity index (χ1n) is 45.7. The number of hydrogen-bond acceptors (Lipinski definition) is 14. The highest BCUT2D eigenvalue weighted by atomic mass is 16.2. The Morgan fingerprint density at radius 2 is 0.693 bits per heavy atom. The molecule has 114 heavy (non-hydrogen) atoms. The third-order valence-electron chi connectivity index (χ3n) is 32.5. The molecular formula is C90H144N12O12. The monoisotopic (exact) mass is 1590 g/mol. The van der Waals surface area contributed by atoms with Crippen LogP contribution in [0.15, 0.2) is 0 Å². The first kappa shape index (κ1) is 85.8. The molecule has 10 saturated carbocycles. The van der Waals surface area contributed by atoms with Gasteiger partial charge in [0, 0.05) is 48.1 Å². The van der Waals surface area contributed by atoms with Gasteiger partial charge in [0.2, 0.25) is 58.8 Å². The van der Waals surface area contributed by atoms with Crippen molar-refractivity contribution in [3.63, 3.8) is 0 Å². The van der Waals surface area contributed by atoms with Crippen molar-refractivity contribution in [3.05, 3.63) is 0 Å². The maximum Gasteiger partial charge on any atom is 0.289 e. The minimum Gasteiger partial charge on any atom is -0.347 e. The van der Waals surface area contributed by atoms with Gasteiger partial charge in [0.1, 0.15) is 36.3 Å². The van der Waals surface area contributed by atoms with E-state index in [1.807, 2.05) is 55.4 Å². The predicted molar refractivity (Wildman–Crippen MR) is 435 cm³/mol. The van der Waals surface area contributed by atoms with Crippen molar-refractivity contribution in [2.24, 2.45) is 55.2 Å². The van der Waals surface area contributed by atoms with E-state index in [9.17, 15) is 47.9 Å². The standard InChI is InChI=1S/2C45H72N6O6/c2*1-7-15-31(35(52)40(56)46-29-21-22-29)47-38(54)33-26-45(43(5,6)44(45)23-14-24-44)27-51(33)41(57)36(42(2,3)4)49-39(55)34(28-16-9-8-10-17-28)48-37(53)32-20-13-25-50(32)30-18-11-12-19-30/h2*28-34,36H,7-27H2,1-6H3,(H,46,56)(H,47,54)(H,48,53)(H,49,55)/t31-,32+,33?,34-,36+,45+;31-,32-,33?,34-,36+,45+/m00/s1. The molecule has 24 nitrogen and oxygen atoms in total. The number of rotatable bonds is 28. The summed E-state index contributed by atoms with van der Waals surface area (Å²) in [6.45, 7) is 27.1. The van der Waals surface area contributed by atoms with E-state index in [-0.39, 0.29) is 104 Å². The summed E-state index contributed by atoms with van der Waals surface area (Å²) in [6, 6.07) is -6.71. The van der Waals surface area contributed by atoms with Gasteiger partial charge in [-0.2, -0.15) is 0 Å². The molecule has 8 N–H and O–H groups in total. The molecule has 636 valence electrons. The predicted octanol–water partition coefficient (Wildman–Crippen LogP) is 9.84. The van der Waals surface area contributed by atoms with E-state index >= 15 is 9.59 Å². The van der Waals surface area contributed by atoms with E-state index < -0.39 is 94.4 Å². The minimum absolute atomic E-state index is 0.0166. The summed E-state index contributed by atoms with van der Waals surface area (Å²) >= 11 is 0. The fraction of sp³-hybridized carbons (Fsp3) is 0.867. The van der Waals surface area contributed by atoms with E-state index in [1.54, 1.807) is 9.80 Å². The maximum atomic E-state index is 15.2. The Kier molecular flexibility index (Phi) is 25.6. The van der Waals surface area contributed by atoms with E-state index in [0.29, 0.717) is 63.7 Å². The highest BCUT2D eigenvalue weighted by molar-refractivity contribution is 6.39. The van der Waals surface area contributed by atoms with Crippen LogP contribution in [-0.4, -0.2) is 201 Å². The highest BCUT2D eigenvalue weighted by Gasteiger charge is 2.86. The maximum absolute atomic E-state index is 15.2. The van der Waals surface area contributed by atoms with Crippen molar-refractivity contribution in [2.45, 2.75) is 412 Å². The number of amides is 10. The Morgan fingerprint density at radius 3 is 0.982 bits per heavy atom. The Balaban J connectivity index is 0.000000199. The summed E-state index contributed by atoms with van der Waals surface area (Å²) in [5.74, 6) is -4.97. The molecule has 14 aliphatic rings. The van der Waals surface area contributed by atoms with Crippen LogP contribution in [0.4, 0.5) is 0 Å². The SMILES string of the molecule is CCC[C@H](NC(=O)C1C[C@@]2(CN1C(=O)[C@@H](NC(=O)[C@@H](NC(=O)[C@@H]1CCCN1C1CCCC1)C1CCCCC1)C(C)(C)C)C(C)(C)C21CCC1)C(=O)C(=O)NC1CC1.CCC[C@H](NC(=O)C1C[C@@]2(CN1C(=O)[C@@H](NC(=O)[C@@H](NC(=O)[C@H]1CCCN1C1CCCC1)C1CCCCC1)C(C)(C)C)C(C)(C)C21CCC1)C(=O)C(=O)NC1CC1. The van der Waals surface area contributed by atoms with Crippen molar-refractivity contribution in [1.29, 1.82) is 0 Å². The number of nitrogens with one attached hydrogen (secondary N) is 8. The quantitative estimate of drug-likeness (QED) is 0.0338. The fourth-order valence-electron chi connectivity index (χ4n) is 24.9. The minimum atomic E-state index is -0.984. The summed E-state index contributed by atoms with van der Waals surface area (Å²) in [6.07, 6.45) is 34.9. The molecular weight excluding hydrogens is 1440 g/mol. The van der Waals surface area contributed by atoms with Gasteiger partial charge in [-0.3, -0.25) is 67.3 Å². The second-order valence-electron chi connectivity index (χ2n) is 41.6. The van der Waals surface area contributed by atoms with Crippen LogP contribution < -0.4 is 42.5 Å². The van der Waals surface area contributed by atoms with E-state index in [4.69, 9.17) is 0 Å². The van der Waals surface area contributed by atoms with Gasteiger partial charge in [0.05, 0.1) is 24.2 Å². The molecule has 0 aromatic heterocycles. The van der Waals surface area contributed by atoms with Crippen LogP contribution in [0.5, 0.6) is 0 Å². The first-order valence-corrected chi connectivity index (χ1v) is 45.7. The lowest BCUT2D eigenvalue weighted by atomic mass is 9.73. The zero-order valence-corrected chi connectivity index (χ0v) is 71.6. The van der Waals surface area contributed by atoms with Crippen LogP contribution in [0.25, 0.3) is 0 Å². The van der Waals surface area contributed by atoms with Crippen LogP contribution in [0.1, 0.15) is 327 Å². The molecule has 10 aliphatic carbocycles. The zero-order chi connectivity index (χ0) is 81.8. The summed E-state index contributed by atoms with van der Waals surface area (Å²) in [5, 5.41) is 24.3. The van der Waals surface area contributed by atoms with Crippen LogP contribution in [0, 0.1) is 55.2 Å². The second kappa shape index (κ2) is 34.0. The van der Waals surface area contributed by atoms with E-state index in [0.717, 1.165) is 193 Å². The number of fused-ring (bicyclic) bond motifs is 2. The van der Waals surface area contributed by atoms with Crippen LogP contribution in [-0.2, 0) is 57.5 Å². The number of Topliss-reactive ketones (excluding diaryl/α,β-unsaturated/α-hetero) is 2. The van der Waals surface area contributed by atoms with Crippen LogP contribution in [0.2, 0.25) is 0 Å². The van der Waals surface area contributed by atoms with Crippen molar-refractivity contribution in [2.75, 3.05) is 26.2 Å². The normalized spacial score (nSPS) is 30.0. The molecule has 4 heterocycles. The molecule has 14 rings (SSSR count). The highest BCUT2D eigenvalue weighted by Crippen LogP contribution is 2.89. The van der Waals surface area contributed by atoms with Crippen molar-refractivity contribution >= 4 is 70.6 Å². The summed E-state index contributed by atoms with van der Waals surface area (Å²) in [4.78, 5) is 178. The lowest BCUT2D eigenvalue weighted by molar-refractivity contribution is -0.145. The summed E-state index contributed by atoms with van der Waals surface area (Å²) in [7, 11) is 0. The largest absolute Gasteiger partial charge is 0.347 e. The number of nitrogens with zero attached hydrogens (tertiary/aromatic N) is 4. The number of carbonyl (C=O) groups is 12. The van der Waals surface area contributed by atoms with Crippen molar-refractivity contribution < 1.29 is 57.5 Å². The smallest absolute Gasteiger partial charge is 0.289 e. The molecule has 4 saturated heterocycles. The topological polar surface area (TPSA) is 314 Å². The zero-order valence-electron chi connectivity index (χ0n) is 71.6. The van der Waals surface area contributed by atoms with Gasteiger partial charge in [-0.1, -0.05) is 173 Å². The number of carbonyl (C=O) groups excluding carboxylic acids is 12. The van der Waals surface area contributed by atoms with E-state index in [1.165, 1.54) is 25.7 Å². The Labute approximate surface area is 680 Å². The van der Waals surface area contributed by atoms with Gasteiger partial charge in [-0.25, -0.2) is 0 Å². The molecule has 24 heteroatoms. The molecule has 0 aromatic carbocycles. The molecule has 14 fully saturated rings. The van der Waals surface area contributed by atoms with Crippen LogP contribution >= 0.6 is 0 Å². The molecule has 12 atom stereocenters. The summed E-state index contributed by atoms with van der Waals surface area (Å²) in [5.41, 5.74) is -2.05. The second-order valence-corrected chi connectivity index (χ2v) is 41.6. The van der Waals surface area contributed by atoms with Gasteiger partial charge in [-0.15, -0.1) is 0 Å². The Bertz CT molecular complexity index is 3370. The molecule has 4 spiro atoms. The molecule has 0 radical (unpaired) electrons. The lowest BCUT2D eigenvalue weighted by Crippen LogP contribution is -2.62. The number of likely N-dealkylation sites (tertiary alicyclic amines) is 4. The molecule has 0 bridgehead atoms. The van der Waals surface area contributed by atoms with Gasteiger partial charge >= 0.3 is 0 Å². The van der Waals surface area contributed by atoms with Gasteiger partial charge in [0.25, 0.3) is 11.8 Å². The summed E-state index contributed by atoms with van der Waals surface area (Å²) < 4.78 is 0. The third-order valence-corrected chi connectivity index (χ3v) is 32.5. The van der Waals surface area contributed by atoms with Crippen LogP contribution in [0.3, 0.4) is 0 Å². The lowest BCUT2D eigenvalue weighted by Gasteiger charge is -2.38. The Hall–Kier alpha value is -6.04. The van der Waals surface area contributed by atoms with Gasteiger partial charge in [-0.05, 0) is 212 Å². The average molecular weight is 1590 g/mol. The molecule has 4 aliphatic heterocycles. The first-order chi connectivity index (χ1) is 54.1. The van der Waals surface area contributed by atoms with Crippen molar-refractivity contribution in [1.82, 2.24) is 62.1 Å². The van der Waals surface area contributed by atoms with Gasteiger partial charge in [0.15, 0.2) is 0 Å². The number of ketones is 2. The molecule has 2 unspecified atom stereocenters. The Morgan fingerprint density at radius 1 is 0.368 bits per heavy atom. The molecule has 10 amide bonds. The van der Waals surface area contributed by atoms with Gasteiger partial charge < -0.3 is 52.3 Å². The fourth-order valence-corrected chi connectivity index (χ4v) is 24.9. The number of hydrogen-bond donors (Lipinski definition) is 8. The molecule has 0 aromatic rings. The van der Waals surface area contributed by atoms with E-state index in [2.05, 4.69) is 80.0 Å². The average Bonchev–Trinajstić information content (AvgIpc) is 1.46. The third kappa shape index (κ3) is 16.5. The van der Waals surface area contributed by atoms with Crippen molar-refractivity contribution in [3.8, 4) is 0 Å².